The van der Waals surface area contributed by atoms with E-state index in [4.69, 9.17) is 4.74 Å². The molecule has 0 aliphatic heterocycles. The van der Waals surface area contributed by atoms with Crippen LogP contribution in [0.4, 0.5) is 0 Å². The summed E-state index contributed by atoms with van der Waals surface area (Å²) in [4.78, 5) is 22.8. The molecule has 4 nitrogen and oxygen atoms in total. The number of unbranched alkanes of at least 4 members (excludes halogenated alkanes) is 14. The number of amides is 1. The van der Waals surface area contributed by atoms with Gasteiger partial charge < -0.3 is 10.1 Å². The predicted octanol–water partition coefficient (Wildman–Crippen LogP) is 6.48. The normalized spacial score (nSPS) is 11.8. The minimum atomic E-state index is -0.455. The van der Waals surface area contributed by atoms with Crippen molar-refractivity contribution in [3.63, 3.8) is 0 Å². The molecular formula is C24H45NO3. The van der Waals surface area contributed by atoms with Gasteiger partial charge in [0.15, 0.2) is 0 Å². The van der Waals surface area contributed by atoms with Crippen molar-refractivity contribution in [1.29, 1.82) is 0 Å². The monoisotopic (exact) mass is 395 g/mol. The van der Waals surface area contributed by atoms with Gasteiger partial charge in [-0.15, -0.1) is 0 Å². The molecule has 1 amide bonds. The zero-order chi connectivity index (χ0) is 20.9. The van der Waals surface area contributed by atoms with Crippen LogP contribution in [0.25, 0.3) is 0 Å². The van der Waals surface area contributed by atoms with E-state index in [2.05, 4.69) is 18.8 Å². The highest BCUT2D eigenvalue weighted by atomic mass is 16.5. The molecule has 0 aromatic carbocycles. The molecule has 28 heavy (non-hydrogen) atoms. The molecule has 0 saturated carbocycles. The lowest BCUT2D eigenvalue weighted by Crippen LogP contribution is -2.36. The molecule has 1 N–H and O–H groups in total. The van der Waals surface area contributed by atoms with Crippen LogP contribution in [0.3, 0.4) is 0 Å². The Morgan fingerprint density at radius 1 is 0.821 bits per heavy atom. The van der Waals surface area contributed by atoms with E-state index >= 15 is 0 Å². The number of esters is 1. The van der Waals surface area contributed by atoms with Crippen molar-refractivity contribution in [3.05, 3.63) is 12.7 Å². The quantitative estimate of drug-likeness (QED) is 0.146. The molecule has 0 radical (unpaired) electrons. The van der Waals surface area contributed by atoms with Crippen molar-refractivity contribution in [1.82, 2.24) is 5.32 Å². The first kappa shape index (κ1) is 26.7. The second-order valence-corrected chi connectivity index (χ2v) is 8.00. The van der Waals surface area contributed by atoms with E-state index < -0.39 is 5.97 Å². The van der Waals surface area contributed by atoms with Gasteiger partial charge in [-0.25, -0.2) is 4.79 Å². The van der Waals surface area contributed by atoms with Gasteiger partial charge in [-0.2, -0.15) is 0 Å². The Hall–Kier alpha value is -1.32. The lowest BCUT2D eigenvalue weighted by atomic mass is 10.0. The van der Waals surface area contributed by atoms with Crippen molar-refractivity contribution in [2.45, 2.75) is 123 Å². The number of carbonyl (C=O) groups is 2. The number of nitrogens with one attached hydrogen (secondary N) is 1. The average molecular weight is 396 g/mol. The Morgan fingerprint density at radius 3 is 1.68 bits per heavy atom. The van der Waals surface area contributed by atoms with Gasteiger partial charge in [-0.3, -0.25) is 4.79 Å². The van der Waals surface area contributed by atoms with Gasteiger partial charge >= 0.3 is 5.97 Å². The number of hydrogen-bond acceptors (Lipinski definition) is 3. The van der Waals surface area contributed by atoms with Crippen molar-refractivity contribution < 1.29 is 14.3 Å². The fraction of sp³-hybridized carbons (Fsp3) is 0.833. The first-order valence-electron chi connectivity index (χ1n) is 11.7. The maximum Gasteiger partial charge on any atom is 0.330 e. The molecule has 0 saturated heterocycles. The van der Waals surface area contributed by atoms with Crippen LogP contribution in [0.5, 0.6) is 0 Å². The SMILES string of the molecule is C=CC(=O)OCC(C)NC(=O)CCCCCCCCCCCCCCCCC. The van der Waals surface area contributed by atoms with Gasteiger partial charge in [0.2, 0.25) is 5.91 Å². The van der Waals surface area contributed by atoms with Crippen LogP contribution in [0.15, 0.2) is 12.7 Å². The summed E-state index contributed by atoms with van der Waals surface area (Å²) in [5, 5.41) is 2.86. The minimum Gasteiger partial charge on any atom is -0.460 e. The maximum absolute atomic E-state index is 11.8. The van der Waals surface area contributed by atoms with Gasteiger partial charge in [-0.05, 0) is 13.3 Å². The fourth-order valence-electron chi connectivity index (χ4n) is 3.31. The summed E-state index contributed by atoms with van der Waals surface area (Å²) >= 11 is 0. The van der Waals surface area contributed by atoms with Gasteiger partial charge in [0, 0.05) is 12.5 Å². The first-order chi connectivity index (χ1) is 13.6. The molecule has 0 fully saturated rings. The van der Waals surface area contributed by atoms with Crippen LogP contribution in [0.1, 0.15) is 117 Å². The smallest absolute Gasteiger partial charge is 0.330 e. The first-order valence-corrected chi connectivity index (χ1v) is 11.7. The topological polar surface area (TPSA) is 55.4 Å². The molecule has 1 unspecified atom stereocenters. The van der Waals surface area contributed by atoms with Crippen LogP contribution in [0, 0.1) is 0 Å². The second-order valence-electron chi connectivity index (χ2n) is 8.00. The summed E-state index contributed by atoms with van der Waals surface area (Å²) in [6.45, 7) is 7.64. The Balaban J connectivity index is 3.29. The number of hydrogen-bond donors (Lipinski definition) is 1. The Kier molecular flexibility index (Phi) is 19.5. The summed E-state index contributed by atoms with van der Waals surface area (Å²) in [5.41, 5.74) is 0. The molecule has 0 spiro atoms. The summed E-state index contributed by atoms with van der Waals surface area (Å²) < 4.78 is 4.91. The van der Waals surface area contributed by atoms with E-state index in [0.29, 0.717) is 6.42 Å². The lowest BCUT2D eigenvalue weighted by molar-refractivity contribution is -0.139. The number of carbonyl (C=O) groups excluding carboxylic acids is 2. The molecule has 0 aliphatic rings. The minimum absolute atomic E-state index is 0.0387. The van der Waals surface area contributed by atoms with Gasteiger partial charge in [0.1, 0.15) is 6.61 Å². The predicted molar refractivity (Wildman–Crippen MR) is 118 cm³/mol. The zero-order valence-corrected chi connectivity index (χ0v) is 18.6. The molecular weight excluding hydrogens is 350 g/mol. The Morgan fingerprint density at radius 2 is 1.25 bits per heavy atom. The fourth-order valence-corrected chi connectivity index (χ4v) is 3.31. The van der Waals surface area contributed by atoms with Crippen molar-refractivity contribution in [3.8, 4) is 0 Å². The van der Waals surface area contributed by atoms with E-state index in [1.165, 1.54) is 83.5 Å². The summed E-state index contributed by atoms with van der Waals surface area (Å²) in [6, 6.07) is -0.159. The zero-order valence-electron chi connectivity index (χ0n) is 18.6. The van der Waals surface area contributed by atoms with Crippen LogP contribution >= 0.6 is 0 Å². The summed E-state index contributed by atoms with van der Waals surface area (Å²) in [7, 11) is 0. The number of rotatable bonds is 20. The van der Waals surface area contributed by atoms with Crippen molar-refractivity contribution in [2.75, 3.05) is 6.61 Å². The van der Waals surface area contributed by atoms with Crippen LogP contribution in [-0.4, -0.2) is 24.5 Å². The van der Waals surface area contributed by atoms with Crippen LogP contribution in [-0.2, 0) is 14.3 Å². The van der Waals surface area contributed by atoms with E-state index in [0.717, 1.165) is 18.9 Å². The van der Waals surface area contributed by atoms with Gasteiger partial charge in [0.05, 0.1) is 6.04 Å². The molecule has 0 rings (SSSR count). The Bertz CT molecular complexity index is 395. The highest BCUT2D eigenvalue weighted by Crippen LogP contribution is 2.13. The van der Waals surface area contributed by atoms with E-state index in [1.807, 2.05) is 6.92 Å². The number of ether oxygens (including phenoxy) is 1. The molecule has 0 bridgehead atoms. The van der Waals surface area contributed by atoms with Crippen molar-refractivity contribution in [2.24, 2.45) is 0 Å². The van der Waals surface area contributed by atoms with Gasteiger partial charge in [0.25, 0.3) is 0 Å². The van der Waals surface area contributed by atoms with Crippen LogP contribution < -0.4 is 5.32 Å². The third-order valence-corrected chi connectivity index (χ3v) is 5.06. The average Bonchev–Trinajstić information content (AvgIpc) is 2.69. The third-order valence-electron chi connectivity index (χ3n) is 5.06. The van der Waals surface area contributed by atoms with E-state index in [-0.39, 0.29) is 18.6 Å². The largest absolute Gasteiger partial charge is 0.460 e. The Labute approximate surface area is 173 Å². The highest BCUT2D eigenvalue weighted by molar-refractivity contribution is 5.81. The van der Waals surface area contributed by atoms with Crippen LogP contribution in [0.2, 0.25) is 0 Å². The summed E-state index contributed by atoms with van der Waals surface area (Å²) in [5.74, 6) is -0.416. The molecule has 1 atom stereocenters. The molecule has 0 heterocycles. The molecule has 0 aromatic rings. The third kappa shape index (κ3) is 19.4. The van der Waals surface area contributed by atoms with Gasteiger partial charge in [-0.1, -0.05) is 103 Å². The lowest BCUT2D eigenvalue weighted by Gasteiger charge is -2.13. The summed E-state index contributed by atoms with van der Waals surface area (Å²) in [6.07, 6.45) is 21.5. The highest BCUT2D eigenvalue weighted by Gasteiger charge is 2.08. The van der Waals surface area contributed by atoms with E-state index in [1.54, 1.807) is 0 Å². The molecule has 0 aromatic heterocycles. The molecule has 4 heteroatoms. The molecule has 0 aliphatic carbocycles. The van der Waals surface area contributed by atoms with Crippen molar-refractivity contribution >= 4 is 11.9 Å². The standard InChI is InChI=1S/C24H45NO3/c1-4-6-7-8-9-10-11-12-13-14-15-16-17-18-19-20-23(26)25-22(3)21-28-24(27)5-2/h5,22H,2,4,6-21H2,1,3H3,(H,25,26). The second kappa shape index (κ2) is 20.4. The maximum atomic E-state index is 11.8. The van der Waals surface area contributed by atoms with E-state index in [9.17, 15) is 9.59 Å². The molecule has 164 valence electrons.